The van der Waals surface area contributed by atoms with E-state index in [1.165, 1.54) is 0 Å². The van der Waals surface area contributed by atoms with E-state index in [0.717, 1.165) is 43.9 Å². The predicted octanol–water partition coefficient (Wildman–Crippen LogP) is 1.71. The molecule has 0 bridgehead atoms. The first-order valence-electron chi connectivity index (χ1n) is 6.12. The van der Waals surface area contributed by atoms with Crippen LogP contribution in [-0.2, 0) is 6.18 Å². The zero-order valence-corrected chi connectivity index (χ0v) is 10.2. The van der Waals surface area contributed by atoms with Crippen LogP contribution in [0.2, 0.25) is 0 Å². The number of halogens is 3. The quantitative estimate of drug-likeness (QED) is 0.825. The van der Waals surface area contributed by atoms with Crippen LogP contribution < -0.4 is 10.2 Å². The van der Waals surface area contributed by atoms with Crippen LogP contribution >= 0.6 is 0 Å². The molecule has 0 aliphatic heterocycles. The molecule has 7 heteroatoms. The van der Waals surface area contributed by atoms with E-state index < -0.39 is 18.9 Å². The Morgan fingerprint density at radius 3 is 2.32 bits per heavy atom. The Balaban J connectivity index is 2.30. The molecule has 19 heavy (non-hydrogen) atoms. The lowest BCUT2D eigenvalue weighted by Gasteiger charge is -2.18. The molecule has 0 radical (unpaired) electrons. The van der Waals surface area contributed by atoms with Crippen LogP contribution in [0.4, 0.5) is 13.2 Å². The molecule has 1 saturated carbocycles. The molecule has 0 aromatic heterocycles. The Bertz CT molecular complexity index is 442. The van der Waals surface area contributed by atoms with Crippen LogP contribution in [0.1, 0.15) is 31.2 Å². The lowest BCUT2D eigenvalue weighted by molar-refractivity contribution is -0.137. The molecular weight excluding hydrogens is 260 g/mol. The number of rotatable bonds is 3. The van der Waals surface area contributed by atoms with Crippen molar-refractivity contribution >= 4 is 12.6 Å². The van der Waals surface area contributed by atoms with Gasteiger partial charge in [-0.3, -0.25) is 0 Å². The molecule has 0 atom stereocenters. The van der Waals surface area contributed by atoms with Crippen molar-refractivity contribution < 1.29 is 28.0 Å². The molecule has 2 rings (SSSR count). The van der Waals surface area contributed by atoms with Gasteiger partial charge in [-0.25, -0.2) is 0 Å². The Hall–Kier alpha value is -1.21. The number of benzene rings is 1. The van der Waals surface area contributed by atoms with E-state index in [2.05, 4.69) is 0 Å². The Morgan fingerprint density at radius 2 is 1.79 bits per heavy atom. The largest absolute Gasteiger partial charge is 0.492 e. The Morgan fingerprint density at radius 1 is 1.16 bits per heavy atom. The molecule has 0 heterocycles. The zero-order chi connectivity index (χ0) is 14.0. The van der Waals surface area contributed by atoms with Crippen LogP contribution in [0, 0.1) is 0 Å². The topological polar surface area (TPSA) is 49.7 Å². The fourth-order valence-corrected chi connectivity index (χ4v) is 2.21. The fraction of sp³-hybridized carbons (Fsp3) is 0.500. The number of alkyl halides is 3. The maximum atomic E-state index is 12.6. The number of ether oxygens (including phenoxy) is 1. The van der Waals surface area contributed by atoms with Crippen molar-refractivity contribution in [2.24, 2.45) is 0 Å². The molecule has 3 nitrogen and oxygen atoms in total. The van der Waals surface area contributed by atoms with Crippen molar-refractivity contribution in [2.45, 2.75) is 38.0 Å². The Kier molecular flexibility index (Phi) is 4.06. The normalized spacial score (nSPS) is 16.7. The summed E-state index contributed by atoms with van der Waals surface area (Å²) in [7, 11) is -1.85. The summed E-state index contributed by atoms with van der Waals surface area (Å²) in [5, 5.41) is 18.3. The molecule has 1 aromatic carbocycles. The standard InChI is InChI=1S/C12H14BF3O3/c14-12(15,16)8-5-6-10(13(17)18)11(7-8)19-9-3-1-2-4-9/h5-7,9,17-18H,1-4H2. The molecule has 1 aromatic rings. The molecule has 0 saturated heterocycles. The first-order chi connectivity index (χ1) is 8.88. The minimum atomic E-state index is -4.48. The average Bonchev–Trinajstić information content (AvgIpc) is 2.80. The van der Waals surface area contributed by atoms with Crippen LogP contribution in [0.5, 0.6) is 5.75 Å². The summed E-state index contributed by atoms with van der Waals surface area (Å²) in [5.41, 5.74) is -0.898. The van der Waals surface area contributed by atoms with Crippen molar-refractivity contribution in [3.8, 4) is 5.75 Å². The lowest BCUT2D eigenvalue weighted by atomic mass is 9.79. The van der Waals surface area contributed by atoms with Crippen molar-refractivity contribution in [2.75, 3.05) is 0 Å². The summed E-state index contributed by atoms with van der Waals surface area (Å²) in [6, 6.07) is 2.68. The van der Waals surface area contributed by atoms with Gasteiger partial charge >= 0.3 is 13.3 Å². The van der Waals surface area contributed by atoms with Crippen molar-refractivity contribution in [3.05, 3.63) is 23.8 Å². The molecule has 1 aliphatic carbocycles. The highest BCUT2D eigenvalue weighted by Gasteiger charge is 2.33. The molecule has 0 amide bonds. The van der Waals surface area contributed by atoms with Gasteiger partial charge in [-0.2, -0.15) is 13.2 Å². The molecule has 1 aliphatic rings. The van der Waals surface area contributed by atoms with Crippen LogP contribution in [0.15, 0.2) is 18.2 Å². The molecule has 104 valence electrons. The van der Waals surface area contributed by atoms with Gasteiger partial charge in [0.05, 0.1) is 11.7 Å². The molecule has 0 spiro atoms. The molecule has 0 unspecified atom stereocenters. The van der Waals surface area contributed by atoms with E-state index in [1.807, 2.05) is 0 Å². The van der Waals surface area contributed by atoms with Gasteiger partial charge in [0, 0.05) is 5.46 Å². The highest BCUT2D eigenvalue weighted by atomic mass is 19.4. The van der Waals surface area contributed by atoms with Gasteiger partial charge < -0.3 is 14.8 Å². The van der Waals surface area contributed by atoms with Crippen molar-refractivity contribution in [1.82, 2.24) is 0 Å². The summed E-state index contributed by atoms with van der Waals surface area (Å²) in [5.74, 6) is -0.100. The lowest BCUT2D eigenvalue weighted by Crippen LogP contribution is -2.33. The van der Waals surface area contributed by atoms with Gasteiger partial charge in [0.25, 0.3) is 0 Å². The van der Waals surface area contributed by atoms with E-state index in [-0.39, 0.29) is 17.3 Å². The number of hydrogen-bond donors (Lipinski definition) is 2. The van der Waals surface area contributed by atoms with E-state index >= 15 is 0 Å². The van der Waals surface area contributed by atoms with Crippen molar-refractivity contribution in [1.29, 1.82) is 0 Å². The third-order valence-electron chi connectivity index (χ3n) is 3.21. The third kappa shape index (κ3) is 3.42. The first-order valence-corrected chi connectivity index (χ1v) is 6.12. The highest BCUT2D eigenvalue weighted by Crippen LogP contribution is 2.32. The van der Waals surface area contributed by atoms with Crippen molar-refractivity contribution in [3.63, 3.8) is 0 Å². The minimum absolute atomic E-state index is 0.0418. The maximum Gasteiger partial charge on any atom is 0.492 e. The SMILES string of the molecule is OB(O)c1ccc(C(F)(F)F)cc1OC1CCCC1. The van der Waals surface area contributed by atoms with Crippen LogP contribution in [0.3, 0.4) is 0 Å². The summed E-state index contributed by atoms with van der Waals surface area (Å²) in [6.07, 6.45) is -1.14. The minimum Gasteiger partial charge on any atom is -0.491 e. The van der Waals surface area contributed by atoms with Crippen LogP contribution in [-0.4, -0.2) is 23.3 Å². The summed E-state index contributed by atoms with van der Waals surface area (Å²) >= 11 is 0. The molecular formula is C12H14BF3O3. The van der Waals surface area contributed by atoms with E-state index in [1.54, 1.807) is 0 Å². The highest BCUT2D eigenvalue weighted by molar-refractivity contribution is 6.59. The van der Waals surface area contributed by atoms with Gasteiger partial charge in [0.2, 0.25) is 0 Å². The molecule has 2 N–H and O–H groups in total. The van der Waals surface area contributed by atoms with E-state index in [4.69, 9.17) is 14.8 Å². The second-order valence-corrected chi connectivity index (χ2v) is 4.65. The Labute approximate surface area is 109 Å². The summed E-state index contributed by atoms with van der Waals surface area (Å²) in [4.78, 5) is 0. The summed E-state index contributed by atoms with van der Waals surface area (Å²) < 4.78 is 43.4. The second-order valence-electron chi connectivity index (χ2n) is 4.65. The van der Waals surface area contributed by atoms with Gasteiger partial charge in [-0.1, -0.05) is 12.1 Å². The van der Waals surface area contributed by atoms with Gasteiger partial charge in [-0.15, -0.1) is 0 Å². The van der Waals surface area contributed by atoms with Gasteiger partial charge in [-0.05, 0) is 31.7 Å². The second kappa shape index (κ2) is 5.42. The zero-order valence-electron chi connectivity index (χ0n) is 10.2. The van der Waals surface area contributed by atoms with Gasteiger partial charge in [0.1, 0.15) is 5.75 Å². The average molecular weight is 274 g/mol. The summed E-state index contributed by atoms with van der Waals surface area (Å²) in [6.45, 7) is 0. The smallest absolute Gasteiger partial charge is 0.491 e. The van der Waals surface area contributed by atoms with Gasteiger partial charge in [0.15, 0.2) is 0 Å². The first kappa shape index (κ1) is 14.2. The number of hydrogen-bond acceptors (Lipinski definition) is 3. The maximum absolute atomic E-state index is 12.6. The molecule has 1 fully saturated rings. The third-order valence-corrected chi connectivity index (χ3v) is 3.21. The fourth-order valence-electron chi connectivity index (χ4n) is 2.21. The predicted molar refractivity (Wildman–Crippen MR) is 64.2 cm³/mol. The van der Waals surface area contributed by atoms with E-state index in [9.17, 15) is 13.2 Å². The van der Waals surface area contributed by atoms with E-state index in [0.29, 0.717) is 0 Å². The monoisotopic (exact) mass is 274 g/mol. The van der Waals surface area contributed by atoms with Crippen LogP contribution in [0.25, 0.3) is 0 Å².